The van der Waals surface area contributed by atoms with Crippen LogP contribution in [0, 0.1) is 0 Å². The van der Waals surface area contributed by atoms with Crippen LogP contribution in [-0.4, -0.2) is 56.5 Å². The highest BCUT2D eigenvalue weighted by molar-refractivity contribution is 6.76. The molecule has 0 spiro atoms. The van der Waals surface area contributed by atoms with Crippen molar-refractivity contribution < 1.29 is 19.1 Å². The summed E-state index contributed by atoms with van der Waals surface area (Å²) in [5.74, 6) is -0.202. The van der Waals surface area contributed by atoms with Crippen LogP contribution in [0.25, 0.3) is 0 Å². The number of carbonyl (C=O) groups excluding carboxylic acids is 2. The van der Waals surface area contributed by atoms with Gasteiger partial charge in [0.15, 0.2) is 0 Å². The van der Waals surface area contributed by atoms with Crippen molar-refractivity contribution in [3.05, 3.63) is 33.8 Å². The van der Waals surface area contributed by atoms with Gasteiger partial charge in [-0.1, -0.05) is 48.9 Å². The van der Waals surface area contributed by atoms with E-state index < -0.39 is 19.8 Å². The van der Waals surface area contributed by atoms with Gasteiger partial charge in [0.25, 0.3) is 0 Å². The molecule has 0 aliphatic carbocycles. The Morgan fingerprint density at radius 2 is 1.87 bits per heavy atom. The molecule has 2 rings (SSSR count). The van der Waals surface area contributed by atoms with Gasteiger partial charge in [0.05, 0.1) is 12.6 Å². The molecule has 168 valence electrons. The first-order valence-electron chi connectivity index (χ1n) is 10.1. The predicted octanol–water partition coefficient (Wildman–Crippen LogP) is 5.76. The van der Waals surface area contributed by atoms with Gasteiger partial charge in [-0.05, 0) is 44.5 Å². The lowest BCUT2D eigenvalue weighted by Gasteiger charge is -2.24. The Kier molecular flexibility index (Phi) is 8.10. The van der Waals surface area contributed by atoms with Gasteiger partial charge >= 0.3 is 12.2 Å². The summed E-state index contributed by atoms with van der Waals surface area (Å²) >= 11 is 12.5. The Morgan fingerprint density at radius 3 is 2.43 bits per heavy atom. The third-order valence-electron chi connectivity index (χ3n) is 4.72. The molecule has 1 heterocycles. The highest BCUT2D eigenvalue weighted by Crippen LogP contribution is 2.34. The van der Waals surface area contributed by atoms with Crippen LogP contribution in [-0.2, 0) is 9.47 Å². The normalized spacial score (nSPS) is 19.5. The van der Waals surface area contributed by atoms with Crippen molar-refractivity contribution in [2.75, 3.05) is 19.7 Å². The van der Waals surface area contributed by atoms with E-state index in [-0.39, 0.29) is 18.1 Å². The number of nitrogens with one attached hydrogen (secondary N) is 1. The first-order chi connectivity index (χ1) is 13.7. The van der Waals surface area contributed by atoms with Crippen molar-refractivity contribution in [2.24, 2.45) is 0 Å². The summed E-state index contributed by atoms with van der Waals surface area (Å²) in [6.45, 7) is 13.2. The number of likely N-dealkylation sites (tertiary alicyclic amines) is 1. The van der Waals surface area contributed by atoms with Gasteiger partial charge in [-0.25, -0.2) is 9.59 Å². The summed E-state index contributed by atoms with van der Waals surface area (Å²) in [5, 5.41) is 3.92. The van der Waals surface area contributed by atoms with Gasteiger partial charge < -0.3 is 19.7 Å². The van der Waals surface area contributed by atoms with E-state index in [1.807, 2.05) is 6.07 Å². The molecule has 0 saturated carbocycles. The first kappa shape index (κ1) is 24.8. The van der Waals surface area contributed by atoms with Gasteiger partial charge in [0, 0.05) is 37.1 Å². The summed E-state index contributed by atoms with van der Waals surface area (Å²) in [5.41, 5.74) is 0.200. The molecular weight excluding hydrogens is 443 g/mol. The molecule has 6 nitrogen and oxygen atoms in total. The fourth-order valence-electron chi connectivity index (χ4n) is 3.21. The lowest BCUT2D eigenvalue weighted by atomic mass is 9.94. The van der Waals surface area contributed by atoms with Gasteiger partial charge in [0.2, 0.25) is 0 Å². The van der Waals surface area contributed by atoms with Crippen LogP contribution < -0.4 is 5.32 Å². The standard InChI is InChI=1S/C21H32Cl2N2O4Si/c1-21(2,3)29-19(26)24-18-13-25(20(27)28-9-10-30(4,5)6)12-16(18)15-8-7-14(22)11-17(15)23/h7-8,11,16,18H,9-10,12-13H2,1-6H3,(H,24,26). The number of rotatable bonds is 5. The van der Waals surface area contributed by atoms with E-state index in [9.17, 15) is 9.59 Å². The summed E-state index contributed by atoms with van der Waals surface area (Å²) < 4.78 is 10.9. The zero-order valence-corrected chi connectivity index (χ0v) is 21.1. The van der Waals surface area contributed by atoms with E-state index in [0.29, 0.717) is 29.7 Å². The summed E-state index contributed by atoms with van der Waals surface area (Å²) in [7, 11) is -1.30. The zero-order valence-electron chi connectivity index (χ0n) is 18.6. The first-order valence-corrected chi connectivity index (χ1v) is 14.6. The van der Waals surface area contributed by atoms with Crippen LogP contribution in [0.5, 0.6) is 0 Å². The minimum Gasteiger partial charge on any atom is -0.450 e. The van der Waals surface area contributed by atoms with E-state index in [1.165, 1.54) is 0 Å². The van der Waals surface area contributed by atoms with Crippen LogP contribution in [0.4, 0.5) is 9.59 Å². The minimum absolute atomic E-state index is 0.202. The van der Waals surface area contributed by atoms with E-state index >= 15 is 0 Å². The highest BCUT2D eigenvalue weighted by atomic mass is 35.5. The molecule has 2 unspecified atom stereocenters. The summed E-state index contributed by atoms with van der Waals surface area (Å²) in [6.07, 6.45) is -0.909. The molecule has 30 heavy (non-hydrogen) atoms. The second-order valence-corrected chi connectivity index (χ2v) is 16.3. The van der Waals surface area contributed by atoms with Crippen LogP contribution in [0.1, 0.15) is 32.3 Å². The highest BCUT2D eigenvalue weighted by Gasteiger charge is 2.39. The second-order valence-electron chi connectivity index (χ2n) is 9.86. The van der Waals surface area contributed by atoms with E-state index in [4.69, 9.17) is 32.7 Å². The number of nitrogens with zero attached hydrogens (tertiary/aromatic N) is 1. The number of benzene rings is 1. The maximum absolute atomic E-state index is 12.6. The molecule has 1 aromatic rings. The summed E-state index contributed by atoms with van der Waals surface area (Å²) in [6, 6.07) is 5.79. The van der Waals surface area contributed by atoms with Crippen LogP contribution in [0.15, 0.2) is 18.2 Å². The molecule has 1 aliphatic heterocycles. The molecule has 1 fully saturated rings. The van der Waals surface area contributed by atoms with Crippen LogP contribution in [0.2, 0.25) is 35.7 Å². The molecule has 0 bridgehead atoms. The van der Waals surface area contributed by atoms with Crippen LogP contribution in [0.3, 0.4) is 0 Å². The second kappa shape index (κ2) is 9.79. The third kappa shape index (κ3) is 7.67. The molecule has 1 saturated heterocycles. The van der Waals surface area contributed by atoms with Crippen molar-refractivity contribution in [3.63, 3.8) is 0 Å². The van der Waals surface area contributed by atoms with Gasteiger partial charge in [0.1, 0.15) is 5.60 Å². The Hall–Kier alpha value is -1.44. The lowest BCUT2D eigenvalue weighted by molar-refractivity contribution is 0.0500. The van der Waals surface area contributed by atoms with Crippen molar-refractivity contribution in [1.82, 2.24) is 10.2 Å². The maximum Gasteiger partial charge on any atom is 0.409 e. The number of ether oxygens (including phenoxy) is 2. The van der Waals surface area contributed by atoms with Crippen molar-refractivity contribution in [3.8, 4) is 0 Å². The Labute approximate surface area is 190 Å². The minimum atomic E-state index is -1.30. The van der Waals surface area contributed by atoms with Gasteiger partial charge in [-0.3, -0.25) is 0 Å². The fourth-order valence-corrected chi connectivity index (χ4v) is 4.47. The molecule has 1 aliphatic rings. The van der Waals surface area contributed by atoms with Gasteiger partial charge in [-0.2, -0.15) is 0 Å². The molecule has 0 aromatic heterocycles. The van der Waals surface area contributed by atoms with Crippen molar-refractivity contribution in [1.29, 1.82) is 0 Å². The Morgan fingerprint density at radius 1 is 1.20 bits per heavy atom. The topological polar surface area (TPSA) is 67.9 Å². The SMILES string of the molecule is CC(C)(C)OC(=O)NC1CN(C(=O)OCC[Si](C)(C)C)CC1c1ccc(Cl)cc1Cl. The predicted molar refractivity (Wildman–Crippen MR) is 123 cm³/mol. The fraction of sp³-hybridized carbons (Fsp3) is 0.619. The number of hydrogen-bond donors (Lipinski definition) is 1. The molecule has 9 heteroatoms. The smallest absolute Gasteiger partial charge is 0.409 e. The van der Waals surface area contributed by atoms with E-state index in [1.54, 1.807) is 37.8 Å². The lowest BCUT2D eigenvalue weighted by Crippen LogP contribution is -2.43. The van der Waals surface area contributed by atoms with Crippen molar-refractivity contribution >= 4 is 43.5 Å². The largest absolute Gasteiger partial charge is 0.450 e. The number of hydrogen-bond acceptors (Lipinski definition) is 4. The molecular formula is C21H32Cl2N2O4Si. The average molecular weight is 475 g/mol. The Balaban J connectivity index is 2.14. The third-order valence-corrected chi connectivity index (χ3v) is 6.99. The van der Waals surface area contributed by atoms with E-state index in [0.717, 1.165) is 11.6 Å². The zero-order chi connectivity index (χ0) is 22.7. The molecule has 1 N–H and O–H groups in total. The Bertz CT molecular complexity index is 777. The van der Waals surface area contributed by atoms with Gasteiger partial charge in [-0.15, -0.1) is 0 Å². The number of amides is 2. The number of alkyl carbamates (subject to hydrolysis) is 1. The molecule has 2 atom stereocenters. The monoisotopic (exact) mass is 474 g/mol. The molecule has 0 radical (unpaired) electrons. The number of carbonyl (C=O) groups is 2. The quantitative estimate of drug-likeness (QED) is 0.550. The van der Waals surface area contributed by atoms with Crippen LogP contribution >= 0.6 is 23.2 Å². The summed E-state index contributed by atoms with van der Waals surface area (Å²) in [4.78, 5) is 26.6. The average Bonchev–Trinajstić information content (AvgIpc) is 2.95. The van der Waals surface area contributed by atoms with Crippen molar-refractivity contribution in [2.45, 2.75) is 64.0 Å². The van der Waals surface area contributed by atoms with E-state index in [2.05, 4.69) is 25.0 Å². The number of halogens is 2. The molecule has 1 aromatic carbocycles. The molecule has 2 amide bonds. The maximum atomic E-state index is 12.6.